The third-order valence-corrected chi connectivity index (χ3v) is 6.08. The third kappa shape index (κ3) is 4.57. The predicted octanol–water partition coefficient (Wildman–Crippen LogP) is 3.11. The van der Waals surface area contributed by atoms with Crippen LogP contribution in [0.3, 0.4) is 0 Å². The summed E-state index contributed by atoms with van der Waals surface area (Å²) in [6.07, 6.45) is 0.108. The van der Waals surface area contributed by atoms with Gasteiger partial charge in [0.1, 0.15) is 0 Å². The zero-order valence-electron chi connectivity index (χ0n) is 17.3. The minimum Gasteiger partial charge on any atom is -0.378 e. The highest BCUT2D eigenvalue weighted by molar-refractivity contribution is 6.31. The van der Waals surface area contributed by atoms with Crippen molar-refractivity contribution in [1.82, 2.24) is 4.90 Å². The second kappa shape index (κ2) is 9.08. The van der Waals surface area contributed by atoms with E-state index in [-0.39, 0.29) is 30.7 Å². The number of morpholine rings is 1. The van der Waals surface area contributed by atoms with Crippen LogP contribution in [0.5, 0.6) is 0 Å². The number of para-hydroxylation sites is 1. The molecule has 1 unspecified atom stereocenters. The van der Waals surface area contributed by atoms with Crippen LogP contribution in [0.15, 0.2) is 42.5 Å². The molecule has 2 aliphatic rings. The Bertz CT molecular complexity index is 1020. The molecular formula is C23H24ClN3O4. The van der Waals surface area contributed by atoms with Crippen LogP contribution in [-0.4, -0.2) is 55.5 Å². The van der Waals surface area contributed by atoms with Gasteiger partial charge in [0.15, 0.2) is 0 Å². The van der Waals surface area contributed by atoms with E-state index in [0.717, 1.165) is 5.56 Å². The molecule has 2 fully saturated rings. The van der Waals surface area contributed by atoms with Crippen LogP contribution in [0.25, 0.3) is 0 Å². The normalized spacial score (nSPS) is 18.9. The fourth-order valence-electron chi connectivity index (χ4n) is 3.83. The summed E-state index contributed by atoms with van der Waals surface area (Å²) >= 11 is 6.20. The number of aryl methyl sites for hydroxylation is 1. The highest BCUT2D eigenvalue weighted by atomic mass is 35.5. The van der Waals surface area contributed by atoms with Crippen LogP contribution in [0.1, 0.15) is 22.3 Å². The monoisotopic (exact) mass is 441 g/mol. The van der Waals surface area contributed by atoms with Crippen LogP contribution >= 0.6 is 11.6 Å². The summed E-state index contributed by atoms with van der Waals surface area (Å²) in [6, 6.07) is 12.4. The van der Waals surface area contributed by atoms with Gasteiger partial charge in [-0.1, -0.05) is 29.8 Å². The Morgan fingerprint density at radius 3 is 2.61 bits per heavy atom. The first-order chi connectivity index (χ1) is 14.9. The second-order valence-electron chi connectivity index (χ2n) is 7.78. The van der Waals surface area contributed by atoms with Crippen molar-refractivity contribution in [2.24, 2.45) is 5.92 Å². The van der Waals surface area contributed by atoms with E-state index in [1.807, 2.05) is 19.1 Å². The summed E-state index contributed by atoms with van der Waals surface area (Å²) in [4.78, 5) is 41.7. The van der Waals surface area contributed by atoms with E-state index < -0.39 is 5.92 Å². The molecular weight excluding hydrogens is 418 g/mol. The number of hydrogen-bond acceptors (Lipinski definition) is 4. The van der Waals surface area contributed by atoms with Gasteiger partial charge in [0, 0.05) is 36.8 Å². The zero-order valence-corrected chi connectivity index (χ0v) is 18.0. The number of rotatable bonds is 4. The first kappa shape index (κ1) is 21.3. The van der Waals surface area contributed by atoms with Gasteiger partial charge in [0.25, 0.3) is 5.91 Å². The molecule has 3 amide bonds. The summed E-state index contributed by atoms with van der Waals surface area (Å²) in [6.45, 7) is 4.21. The number of carbonyl (C=O) groups is 3. The smallest absolute Gasteiger partial charge is 0.256 e. The molecule has 162 valence electrons. The molecule has 8 heteroatoms. The number of benzene rings is 2. The van der Waals surface area contributed by atoms with Crippen molar-refractivity contribution in [3.63, 3.8) is 0 Å². The Morgan fingerprint density at radius 1 is 1.13 bits per heavy atom. The van der Waals surface area contributed by atoms with Crippen molar-refractivity contribution in [1.29, 1.82) is 0 Å². The lowest BCUT2D eigenvalue weighted by molar-refractivity contribution is -0.122. The molecule has 1 N–H and O–H groups in total. The molecule has 0 spiro atoms. The van der Waals surface area contributed by atoms with Crippen LogP contribution in [0.4, 0.5) is 11.4 Å². The summed E-state index contributed by atoms with van der Waals surface area (Å²) in [5, 5.41) is 3.44. The predicted molar refractivity (Wildman–Crippen MR) is 118 cm³/mol. The quantitative estimate of drug-likeness (QED) is 0.790. The van der Waals surface area contributed by atoms with Gasteiger partial charge < -0.3 is 19.9 Å². The number of ether oxygens (including phenoxy) is 1. The Kier molecular flexibility index (Phi) is 6.25. The number of hydrogen-bond donors (Lipinski definition) is 1. The molecule has 0 radical (unpaired) electrons. The maximum atomic E-state index is 12.9. The fraction of sp³-hybridized carbons (Fsp3) is 0.348. The van der Waals surface area contributed by atoms with Crippen molar-refractivity contribution in [2.75, 3.05) is 43.1 Å². The first-order valence-corrected chi connectivity index (χ1v) is 10.7. The van der Waals surface area contributed by atoms with E-state index in [9.17, 15) is 14.4 Å². The average Bonchev–Trinajstić information content (AvgIpc) is 3.18. The number of carbonyl (C=O) groups excluding carboxylic acids is 3. The highest BCUT2D eigenvalue weighted by Gasteiger charge is 2.35. The molecule has 1 atom stereocenters. The van der Waals surface area contributed by atoms with E-state index in [1.165, 1.54) is 0 Å². The summed E-state index contributed by atoms with van der Waals surface area (Å²) in [5.41, 5.74) is 2.49. The van der Waals surface area contributed by atoms with Crippen molar-refractivity contribution < 1.29 is 19.1 Å². The molecule has 0 aliphatic carbocycles. The molecule has 7 nitrogen and oxygen atoms in total. The molecule has 0 aromatic heterocycles. The molecule has 2 heterocycles. The van der Waals surface area contributed by atoms with Crippen LogP contribution in [-0.2, 0) is 14.3 Å². The van der Waals surface area contributed by atoms with E-state index in [0.29, 0.717) is 48.3 Å². The van der Waals surface area contributed by atoms with Crippen LogP contribution in [0, 0.1) is 12.8 Å². The standard InChI is InChI=1S/C23H24ClN3O4/c1-15-6-7-17(13-19(15)24)27-14-16(12-21(27)28)22(29)25-20-5-3-2-4-18(20)23(30)26-8-10-31-11-9-26/h2-7,13,16H,8-12,14H2,1H3,(H,25,29). The number of nitrogens with zero attached hydrogens (tertiary/aromatic N) is 2. The topological polar surface area (TPSA) is 79.0 Å². The number of halogens is 1. The minimum absolute atomic E-state index is 0.108. The molecule has 4 rings (SSSR count). The lowest BCUT2D eigenvalue weighted by Gasteiger charge is -2.27. The van der Waals surface area contributed by atoms with Gasteiger partial charge in [-0.15, -0.1) is 0 Å². The molecule has 31 heavy (non-hydrogen) atoms. The number of nitrogens with one attached hydrogen (secondary N) is 1. The van der Waals surface area contributed by atoms with Gasteiger partial charge in [-0.2, -0.15) is 0 Å². The SMILES string of the molecule is Cc1ccc(N2CC(C(=O)Nc3ccccc3C(=O)N3CCOCC3)CC2=O)cc1Cl. The maximum Gasteiger partial charge on any atom is 0.256 e. The summed E-state index contributed by atoms with van der Waals surface area (Å²) in [7, 11) is 0. The Balaban J connectivity index is 1.47. The second-order valence-corrected chi connectivity index (χ2v) is 8.19. The van der Waals surface area contributed by atoms with E-state index in [2.05, 4.69) is 5.32 Å². The fourth-order valence-corrected chi connectivity index (χ4v) is 4.01. The minimum atomic E-state index is -0.515. The average molecular weight is 442 g/mol. The number of anilines is 2. The Hall–Kier alpha value is -2.90. The lowest BCUT2D eigenvalue weighted by Crippen LogP contribution is -2.41. The molecule has 2 aromatic rings. The summed E-state index contributed by atoms with van der Waals surface area (Å²) in [5.74, 6) is -1.06. The molecule has 2 saturated heterocycles. The number of amides is 3. The summed E-state index contributed by atoms with van der Waals surface area (Å²) < 4.78 is 5.31. The van der Waals surface area contributed by atoms with Crippen LogP contribution in [0.2, 0.25) is 5.02 Å². The van der Waals surface area contributed by atoms with Gasteiger partial charge in [-0.25, -0.2) is 0 Å². The van der Waals surface area contributed by atoms with E-state index in [4.69, 9.17) is 16.3 Å². The zero-order chi connectivity index (χ0) is 22.0. The molecule has 0 saturated carbocycles. The largest absolute Gasteiger partial charge is 0.378 e. The van der Waals surface area contributed by atoms with Gasteiger partial charge in [-0.05, 0) is 36.8 Å². The van der Waals surface area contributed by atoms with E-state index >= 15 is 0 Å². The molecule has 2 aromatic carbocycles. The van der Waals surface area contributed by atoms with Crippen molar-refractivity contribution in [3.8, 4) is 0 Å². The molecule has 0 bridgehead atoms. The van der Waals surface area contributed by atoms with Gasteiger partial charge in [0.05, 0.1) is 30.4 Å². The third-order valence-electron chi connectivity index (χ3n) is 5.68. The highest BCUT2D eigenvalue weighted by Crippen LogP contribution is 2.30. The van der Waals surface area contributed by atoms with E-state index in [1.54, 1.807) is 40.1 Å². The first-order valence-electron chi connectivity index (χ1n) is 10.3. The maximum absolute atomic E-state index is 12.9. The lowest BCUT2D eigenvalue weighted by atomic mass is 10.1. The Morgan fingerprint density at radius 2 is 1.87 bits per heavy atom. The van der Waals surface area contributed by atoms with Gasteiger partial charge in [0.2, 0.25) is 11.8 Å². The van der Waals surface area contributed by atoms with Gasteiger partial charge in [-0.3, -0.25) is 14.4 Å². The Labute approximate surface area is 185 Å². The van der Waals surface area contributed by atoms with Crippen molar-refractivity contribution in [3.05, 3.63) is 58.6 Å². The van der Waals surface area contributed by atoms with Gasteiger partial charge >= 0.3 is 0 Å². The van der Waals surface area contributed by atoms with Crippen molar-refractivity contribution >= 4 is 40.7 Å². The van der Waals surface area contributed by atoms with Crippen molar-refractivity contribution in [2.45, 2.75) is 13.3 Å². The molecule has 2 aliphatic heterocycles. The van der Waals surface area contributed by atoms with Crippen LogP contribution < -0.4 is 10.2 Å².